The molecule has 14 rings (SSSR count). The highest BCUT2D eigenvalue weighted by Gasteiger charge is 2.18. The fourth-order valence-electron chi connectivity index (χ4n) is 9.65. The van der Waals surface area contributed by atoms with Crippen LogP contribution >= 0.6 is 0 Å². The Morgan fingerprint density at radius 2 is 0.614 bits per heavy atom. The van der Waals surface area contributed by atoms with E-state index in [-0.39, 0.29) is 0 Å². The maximum atomic E-state index is 6.83. The molecular weight excluding hydrogens is 861 g/mol. The minimum absolute atomic E-state index is 0.579. The minimum atomic E-state index is 0.579. The Kier molecular flexibility index (Phi) is 9.03. The van der Waals surface area contributed by atoms with Crippen molar-refractivity contribution >= 4 is 65.4 Å². The second-order valence-corrected chi connectivity index (χ2v) is 17.5. The third-order valence-corrected chi connectivity index (χ3v) is 13.2. The molecule has 14 aromatic rings. The second kappa shape index (κ2) is 16.0. The summed E-state index contributed by atoms with van der Waals surface area (Å²) >= 11 is 0. The molecule has 0 bridgehead atoms. The van der Waals surface area contributed by atoms with Crippen molar-refractivity contribution < 1.29 is 8.83 Å². The molecule has 0 saturated carbocycles. The van der Waals surface area contributed by atoms with Gasteiger partial charge < -0.3 is 8.83 Å². The lowest BCUT2D eigenvalue weighted by atomic mass is 10.00. The van der Waals surface area contributed by atoms with Gasteiger partial charge in [-0.05, 0) is 76.5 Å². The summed E-state index contributed by atoms with van der Waals surface area (Å²) < 4.78 is 13.2. The maximum absolute atomic E-state index is 6.83. The number of nitrogens with zero attached hydrogens (tertiary/aromatic N) is 6. The highest BCUT2D eigenvalue weighted by Crippen LogP contribution is 2.39. The molecular formula is C62H36N6O2. The van der Waals surface area contributed by atoms with Crippen LogP contribution in [-0.2, 0) is 0 Å². The molecule has 4 heterocycles. The van der Waals surface area contributed by atoms with Crippen LogP contribution in [0.15, 0.2) is 227 Å². The molecule has 0 saturated heterocycles. The van der Waals surface area contributed by atoms with Crippen LogP contribution < -0.4 is 0 Å². The first-order valence-corrected chi connectivity index (χ1v) is 23.2. The number of rotatable bonds is 7. The lowest BCUT2D eigenvalue weighted by Crippen LogP contribution is -2.00. The zero-order valence-corrected chi connectivity index (χ0v) is 37.3. The van der Waals surface area contributed by atoms with E-state index in [1.807, 2.05) is 109 Å². The molecule has 8 heteroatoms. The van der Waals surface area contributed by atoms with Gasteiger partial charge in [-0.25, -0.2) is 29.9 Å². The summed E-state index contributed by atoms with van der Waals surface area (Å²) in [5, 5.41) is 8.39. The van der Waals surface area contributed by atoms with Gasteiger partial charge >= 0.3 is 0 Å². The first-order chi connectivity index (χ1) is 34.6. The highest BCUT2D eigenvalue weighted by molar-refractivity contribution is 6.17. The minimum Gasteiger partial charge on any atom is -0.455 e. The van der Waals surface area contributed by atoms with E-state index >= 15 is 0 Å². The molecule has 0 radical (unpaired) electrons. The predicted octanol–water partition coefficient (Wildman–Crippen LogP) is 15.8. The SMILES string of the molecule is c1ccc(-c2nc(-c3cccc(-c4ccc5c(c4)oc4c6cc(-c7nc(-c8ccccc8)nc(-c8ccccc8)n7)ccc6ccc54)c3)nc(-c3ccc4c(ccc5c6ccccc6oc45)c3)n2)cc1. The van der Waals surface area contributed by atoms with E-state index in [9.17, 15) is 0 Å². The number of benzene rings is 10. The molecule has 4 aromatic heterocycles. The average molecular weight is 897 g/mol. The molecule has 0 unspecified atom stereocenters. The van der Waals surface area contributed by atoms with E-state index in [1.165, 1.54) is 0 Å². The lowest BCUT2D eigenvalue weighted by molar-refractivity contribution is 0.672. The largest absolute Gasteiger partial charge is 0.455 e. The first-order valence-electron chi connectivity index (χ1n) is 23.2. The fraction of sp³-hybridized carbons (Fsp3) is 0. The van der Waals surface area contributed by atoms with E-state index in [4.69, 9.17) is 38.7 Å². The summed E-state index contributed by atoms with van der Waals surface area (Å²) in [4.78, 5) is 30.2. The average Bonchev–Trinajstić information content (AvgIpc) is 4.02. The van der Waals surface area contributed by atoms with Crippen molar-refractivity contribution in [2.45, 2.75) is 0 Å². The van der Waals surface area contributed by atoms with Crippen molar-refractivity contribution in [2.24, 2.45) is 0 Å². The summed E-state index contributed by atoms with van der Waals surface area (Å²) in [5.74, 6) is 3.59. The second-order valence-electron chi connectivity index (χ2n) is 17.5. The van der Waals surface area contributed by atoms with Gasteiger partial charge in [0.05, 0.1) is 0 Å². The predicted molar refractivity (Wildman–Crippen MR) is 281 cm³/mol. The summed E-state index contributed by atoms with van der Waals surface area (Å²) in [6.07, 6.45) is 0. The lowest BCUT2D eigenvalue weighted by Gasteiger charge is -2.10. The van der Waals surface area contributed by atoms with Crippen LogP contribution in [0.1, 0.15) is 0 Å². The zero-order chi connectivity index (χ0) is 46.1. The molecule has 70 heavy (non-hydrogen) atoms. The van der Waals surface area contributed by atoms with Gasteiger partial charge in [0.15, 0.2) is 34.9 Å². The quantitative estimate of drug-likeness (QED) is 0.156. The van der Waals surface area contributed by atoms with Gasteiger partial charge in [0.25, 0.3) is 0 Å². The maximum Gasteiger partial charge on any atom is 0.164 e. The number of para-hydroxylation sites is 1. The molecule has 0 fully saturated rings. The van der Waals surface area contributed by atoms with Crippen LogP contribution in [0.3, 0.4) is 0 Å². The topological polar surface area (TPSA) is 104 Å². The Hall–Kier alpha value is -9.66. The number of aromatic nitrogens is 6. The van der Waals surface area contributed by atoms with E-state index in [0.717, 1.165) is 110 Å². The Morgan fingerprint density at radius 1 is 0.214 bits per heavy atom. The van der Waals surface area contributed by atoms with Crippen LogP contribution in [0.2, 0.25) is 0 Å². The molecule has 0 aliphatic heterocycles. The van der Waals surface area contributed by atoms with Gasteiger partial charge in [0.1, 0.15) is 22.3 Å². The Labute approximate surface area is 400 Å². The van der Waals surface area contributed by atoms with Gasteiger partial charge in [-0.3, -0.25) is 0 Å². The van der Waals surface area contributed by atoms with Crippen molar-refractivity contribution in [3.05, 3.63) is 218 Å². The van der Waals surface area contributed by atoms with Crippen LogP contribution in [0, 0.1) is 0 Å². The molecule has 0 spiro atoms. The molecule has 10 aromatic carbocycles. The van der Waals surface area contributed by atoms with Crippen molar-refractivity contribution in [3.63, 3.8) is 0 Å². The number of hydrogen-bond donors (Lipinski definition) is 0. The Bertz CT molecular complexity index is 4300. The molecule has 0 N–H and O–H groups in total. The number of hydrogen-bond acceptors (Lipinski definition) is 8. The van der Waals surface area contributed by atoms with E-state index in [0.29, 0.717) is 34.9 Å². The summed E-state index contributed by atoms with van der Waals surface area (Å²) in [5.41, 5.74) is 10.7. The molecule has 0 aliphatic rings. The van der Waals surface area contributed by atoms with Gasteiger partial charge in [-0.2, -0.15) is 0 Å². The molecule has 0 amide bonds. The molecule has 0 atom stereocenters. The van der Waals surface area contributed by atoms with Gasteiger partial charge in [-0.1, -0.05) is 164 Å². The summed E-state index contributed by atoms with van der Waals surface area (Å²) in [6.45, 7) is 0. The van der Waals surface area contributed by atoms with Gasteiger partial charge in [0, 0.05) is 65.7 Å². The van der Waals surface area contributed by atoms with E-state index < -0.39 is 0 Å². The zero-order valence-electron chi connectivity index (χ0n) is 37.3. The molecule has 8 nitrogen and oxygen atoms in total. The fourth-order valence-corrected chi connectivity index (χ4v) is 9.65. The van der Waals surface area contributed by atoms with Crippen molar-refractivity contribution in [3.8, 4) is 79.5 Å². The normalized spacial score (nSPS) is 11.7. The first kappa shape index (κ1) is 39.5. The van der Waals surface area contributed by atoms with Crippen LogP contribution in [0.25, 0.3) is 145 Å². The third kappa shape index (κ3) is 6.77. The van der Waals surface area contributed by atoms with Crippen LogP contribution in [0.5, 0.6) is 0 Å². The van der Waals surface area contributed by atoms with E-state index in [1.54, 1.807) is 0 Å². The van der Waals surface area contributed by atoms with Crippen LogP contribution in [0.4, 0.5) is 0 Å². The standard InChI is InChI=1S/C62H36N6O2/c1-4-13-38(14-5-1)57-63-58(39-15-6-2-7-16-39)67-62(66-57)46-24-23-37-25-31-51-49-30-26-42(36-54(49)70-56(51)52(37)35-46)41-19-12-20-44(33-41)60-64-59(40-17-8-3-9-18-40)65-61(68-60)45-28-29-47-43(34-45)27-32-50-48-21-10-11-22-53(48)69-55(47)50/h1-36H. The van der Waals surface area contributed by atoms with Crippen molar-refractivity contribution in [2.75, 3.05) is 0 Å². The number of furan rings is 2. The highest BCUT2D eigenvalue weighted by atomic mass is 16.3. The molecule has 0 aliphatic carbocycles. The molecule has 326 valence electrons. The monoisotopic (exact) mass is 896 g/mol. The summed E-state index contributed by atoms with van der Waals surface area (Å²) in [6, 6.07) is 74.3. The van der Waals surface area contributed by atoms with Crippen molar-refractivity contribution in [1.29, 1.82) is 0 Å². The Balaban J connectivity index is 0.845. The van der Waals surface area contributed by atoms with Crippen LogP contribution in [-0.4, -0.2) is 29.9 Å². The van der Waals surface area contributed by atoms with Gasteiger partial charge in [0.2, 0.25) is 0 Å². The smallest absolute Gasteiger partial charge is 0.164 e. The Morgan fingerprint density at radius 3 is 1.26 bits per heavy atom. The van der Waals surface area contributed by atoms with Crippen molar-refractivity contribution in [1.82, 2.24) is 29.9 Å². The third-order valence-electron chi connectivity index (χ3n) is 13.2. The number of fused-ring (bicyclic) bond motifs is 10. The van der Waals surface area contributed by atoms with Gasteiger partial charge in [-0.15, -0.1) is 0 Å². The summed E-state index contributed by atoms with van der Waals surface area (Å²) in [7, 11) is 0. The van der Waals surface area contributed by atoms with E-state index in [2.05, 4.69) is 109 Å².